The normalized spacial score (nSPS) is 10.5. The van der Waals surface area contributed by atoms with Crippen molar-refractivity contribution in [3.05, 3.63) is 69.2 Å². The average Bonchev–Trinajstić information content (AvgIpc) is 2.34. The zero-order chi connectivity index (χ0) is 14.0. The van der Waals surface area contributed by atoms with Crippen LogP contribution in [0.25, 0.3) is 0 Å². The van der Waals surface area contributed by atoms with E-state index in [0.717, 1.165) is 12.1 Å². The summed E-state index contributed by atoms with van der Waals surface area (Å²) in [6, 6.07) is 7.70. The minimum absolute atomic E-state index is 0.0953. The van der Waals surface area contributed by atoms with Gasteiger partial charge in [-0.05, 0) is 23.8 Å². The third kappa shape index (κ3) is 3.11. The van der Waals surface area contributed by atoms with E-state index >= 15 is 0 Å². The first-order chi connectivity index (χ1) is 8.99. The fourth-order valence-corrected chi connectivity index (χ4v) is 2.06. The van der Waals surface area contributed by atoms with Crippen molar-refractivity contribution in [3.63, 3.8) is 0 Å². The van der Waals surface area contributed by atoms with Gasteiger partial charge in [0.2, 0.25) is 0 Å². The number of benzene rings is 2. The van der Waals surface area contributed by atoms with E-state index in [2.05, 4.69) is 0 Å². The summed E-state index contributed by atoms with van der Waals surface area (Å²) in [5.41, 5.74) is 0.334. The van der Waals surface area contributed by atoms with Crippen molar-refractivity contribution >= 4 is 29.0 Å². The molecule has 0 aliphatic carbocycles. The fraction of sp³-hybridized carbons (Fsp3) is 0.0714. The summed E-state index contributed by atoms with van der Waals surface area (Å²) in [4.78, 5) is 11.9. The van der Waals surface area contributed by atoms with Crippen molar-refractivity contribution < 1.29 is 13.6 Å². The maximum Gasteiger partial charge on any atom is 0.170 e. The van der Waals surface area contributed by atoms with Gasteiger partial charge in [0.05, 0.1) is 15.6 Å². The molecule has 0 unspecified atom stereocenters. The molecule has 0 atom stereocenters. The molecule has 19 heavy (non-hydrogen) atoms. The minimum Gasteiger partial charge on any atom is -0.294 e. The van der Waals surface area contributed by atoms with Crippen molar-refractivity contribution in [2.75, 3.05) is 0 Å². The lowest BCUT2D eigenvalue weighted by atomic mass is 10.0. The molecule has 0 saturated carbocycles. The zero-order valence-electron chi connectivity index (χ0n) is 9.59. The highest BCUT2D eigenvalue weighted by Crippen LogP contribution is 2.26. The molecule has 0 bridgehead atoms. The standard InChI is InChI=1S/C14H8Cl2F2O/c15-11-3-1-2-8(14(11)16)6-13(19)10-5-4-9(17)7-12(10)18/h1-5,7H,6H2. The van der Waals surface area contributed by atoms with Crippen LogP contribution in [0.15, 0.2) is 36.4 Å². The molecule has 0 heterocycles. The SMILES string of the molecule is O=C(Cc1cccc(Cl)c1Cl)c1ccc(F)cc1F. The van der Waals surface area contributed by atoms with E-state index < -0.39 is 17.4 Å². The van der Waals surface area contributed by atoms with E-state index in [9.17, 15) is 13.6 Å². The highest BCUT2D eigenvalue weighted by Gasteiger charge is 2.15. The second-order valence-electron chi connectivity index (χ2n) is 3.94. The molecule has 0 saturated heterocycles. The zero-order valence-corrected chi connectivity index (χ0v) is 11.1. The largest absolute Gasteiger partial charge is 0.294 e. The van der Waals surface area contributed by atoms with Gasteiger partial charge in [-0.15, -0.1) is 0 Å². The molecule has 98 valence electrons. The van der Waals surface area contributed by atoms with Crippen LogP contribution < -0.4 is 0 Å². The summed E-state index contributed by atoms with van der Waals surface area (Å²) in [5, 5.41) is 0.589. The van der Waals surface area contributed by atoms with Gasteiger partial charge in [-0.1, -0.05) is 35.3 Å². The first kappa shape index (κ1) is 14.0. The van der Waals surface area contributed by atoms with Crippen molar-refractivity contribution in [2.24, 2.45) is 0 Å². The molecular weight excluding hydrogens is 293 g/mol. The van der Waals surface area contributed by atoms with Gasteiger partial charge in [-0.2, -0.15) is 0 Å². The molecule has 0 amide bonds. The Morgan fingerprint density at radius 2 is 1.84 bits per heavy atom. The van der Waals surface area contributed by atoms with E-state index in [-0.39, 0.29) is 17.0 Å². The molecule has 0 aliphatic rings. The van der Waals surface area contributed by atoms with Gasteiger partial charge in [0, 0.05) is 12.5 Å². The van der Waals surface area contributed by atoms with E-state index in [1.165, 1.54) is 0 Å². The Kier molecular flexibility index (Phi) is 4.17. The van der Waals surface area contributed by atoms with Crippen molar-refractivity contribution in [2.45, 2.75) is 6.42 Å². The molecule has 2 aromatic rings. The minimum atomic E-state index is -0.886. The smallest absolute Gasteiger partial charge is 0.170 e. The topological polar surface area (TPSA) is 17.1 Å². The number of rotatable bonds is 3. The van der Waals surface area contributed by atoms with Crippen molar-refractivity contribution in [1.82, 2.24) is 0 Å². The Morgan fingerprint density at radius 3 is 2.53 bits per heavy atom. The summed E-state index contributed by atoms with van der Waals surface area (Å²) in [6.07, 6.45) is -0.0953. The van der Waals surface area contributed by atoms with Crippen LogP contribution in [0, 0.1) is 11.6 Å². The average molecular weight is 301 g/mol. The number of hydrogen-bond donors (Lipinski definition) is 0. The Morgan fingerprint density at radius 1 is 1.11 bits per heavy atom. The van der Waals surface area contributed by atoms with E-state index in [1.54, 1.807) is 18.2 Å². The van der Waals surface area contributed by atoms with Gasteiger partial charge in [0.15, 0.2) is 5.78 Å². The molecule has 1 nitrogen and oxygen atoms in total. The van der Waals surface area contributed by atoms with Gasteiger partial charge < -0.3 is 0 Å². The molecule has 2 aromatic carbocycles. The molecule has 2 rings (SSSR count). The molecule has 0 N–H and O–H groups in total. The van der Waals surface area contributed by atoms with Crippen LogP contribution in [0.5, 0.6) is 0 Å². The lowest BCUT2D eigenvalue weighted by Crippen LogP contribution is -2.07. The molecule has 0 aromatic heterocycles. The molecule has 0 radical (unpaired) electrons. The molecule has 5 heteroatoms. The Bertz CT molecular complexity index is 641. The number of halogens is 4. The lowest BCUT2D eigenvalue weighted by molar-refractivity contribution is 0.0989. The van der Waals surface area contributed by atoms with Gasteiger partial charge in [-0.25, -0.2) is 8.78 Å². The van der Waals surface area contributed by atoms with Crippen molar-refractivity contribution in [1.29, 1.82) is 0 Å². The number of hydrogen-bond acceptors (Lipinski definition) is 1. The Hall–Kier alpha value is -1.45. The van der Waals surface area contributed by atoms with Crippen LogP contribution in [0.3, 0.4) is 0 Å². The molecular formula is C14H8Cl2F2O. The van der Waals surface area contributed by atoms with Gasteiger partial charge in [0.25, 0.3) is 0 Å². The van der Waals surface area contributed by atoms with E-state index in [4.69, 9.17) is 23.2 Å². The quantitative estimate of drug-likeness (QED) is 0.751. The summed E-state index contributed by atoms with van der Waals surface area (Å²) in [6.45, 7) is 0. The van der Waals surface area contributed by atoms with Crippen LogP contribution in [-0.4, -0.2) is 5.78 Å². The first-order valence-corrected chi connectivity index (χ1v) is 6.16. The predicted molar refractivity (Wildman–Crippen MR) is 70.9 cm³/mol. The van der Waals surface area contributed by atoms with E-state index in [1.807, 2.05) is 0 Å². The molecule has 0 fully saturated rings. The Labute approximate surface area is 118 Å². The summed E-state index contributed by atoms with van der Waals surface area (Å²) in [7, 11) is 0. The van der Waals surface area contributed by atoms with Gasteiger partial charge in [0.1, 0.15) is 11.6 Å². The van der Waals surface area contributed by atoms with Crippen LogP contribution in [-0.2, 0) is 6.42 Å². The van der Waals surface area contributed by atoms with E-state index in [0.29, 0.717) is 16.7 Å². The van der Waals surface area contributed by atoms with Crippen LogP contribution in [0.2, 0.25) is 10.0 Å². The van der Waals surface area contributed by atoms with Crippen LogP contribution >= 0.6 is 23.2 Å². The van der Waals surface area contributed by atoms with Crippen LogP contribution in [0.1, 0.15) is 15.9 Å². The highest BCUT2D eigenvalue weighted by molar-refractivity contribution is 6.42. The fourth-order valence-electron chi connectivity index (χ4n) is 1.67. The Balaban J connectivity index is 2.28. The van der Waals surface area contributed by atoms with Crippen molar-refractivity contribution in [3.8, 4) is 0 Å². The second kappa shape index (κ2) is 5.68. The number of carbonyl (C=O) groups excluding carboxylic acids is 1. The second-order valence-corrected chi connectivity index (χ2v) is 4.72. The molecule has 0 aliphatic heterocycles. The summed E-state index contributed by atoms with van der Waals surface area (Å²) < 4.78 is 26.2. The lowest BCUT2D eigenvalue weighted by Gasteiger charge is -2.06. The van der Waals surface area contributed by atoms with Crippen LogP contribution in [0.4, 0.5) is 8.78 Å². The number of carbonyl (C=O) groups is 1. The predicted octanol–water partition coefficient (Wildman–Crippen LogP) is 4.70. The summed E-state index contributed by atoms with van der Waals surface area (Å²) in [5.74, 6) is -2.10. The third-order valence-corrected chi connectivity index (χ3v) is 3.47. The monoisotopic (exact) mass is 300 g/mol. The van der Waals surface area contributed by atoms with Gasteiger partial charge >= 0.3 is 0 Å². The first-order valence-electron chi connectivity index (χ1n) is 5.40. The summed E-state index contributed by atoms with van der Waals surface area (Å²) >= 11 is 11.8. The maximum absolute atomic E-state index is 13.5. The number of Topliss-reactive ketones (excluding diaryl/α,β-unsaturated/α-hetero) is 1. The maximum atomic E-state index is 13.5. The number of ketones is 1. The highest BCUT2D eigenvalue weighted by atomic mass is 35.5. The van der Waals surface area contributed by atoms with Gasteiger partial charge in [-0.3, -0.25) is 4.79 Å². The molecule has 0 spiro atoms. The third-order valence-electron chi connectivity index (χ3n) is 2.61.